The zero-order valence-electron chi connectivity index (χ0n) is 15.9. The Labute approximate surface area is 164 Å². The number of carbonyl (C=O) groups is 1. The maximum atomic E-state index is 12.6. The Bertz CT molecular complexity index is 965. The highest BCUT2D eigenvalue weighted by molar-refractivity contribution is 5.93. The van der Waals surface area contributed by atoms with E-state index in [9.17, 15) is 9.90 Å². The first kappa shape index (κ1) is 18.3. The second-order valence-electron chi connectivity index (χ2n) is 7.34. The monoisotopic (exact) mass is 376 g/mol. The molecule has 28 heavy (non-hydrogen) atoms. The van der Waals surface area contributed by atoms with Gasteiger partial charge in [-0.1, -0.05) is 24.3 Å². The topological polar surface area (TPSA) is 81.2 Å². The van der Waals surface area contributed by atoms with E-state index in [1.807, 2.05) is 6.92 Å². The molecule has 144 valence electrons. The fourth-order valence-corrected chi connectivity index (χ4v) is 3.66. The molecule has 0 saturated carbocycles. The standard InChI is InChI=1S/C22H24N4O2/c1-15(13-26-11-10-16-4-2-3-5-18(16)14-26)23-22(28)21-12-20(24-25-21)17-6-8-19(27)9-7-17/h2-9,12,15,27H,10-11,13-14H2,1H3,(H,23,28)(H,24,25). The van der Waals surface area contributed by atoms with Gasteiger partial charge in [0.1, 0.15) is 11.4 Å². The van der Waals surface area contributed by atoms with Gasteiger partial charge in [-0.2, -0.15) is 5.10 Å². The maximum absolute atomic E-state index is 12.6. The Morgan fingerprint density at radius 2 is 1.96 bits per heavy atom. The minimum Gasteiger partial charge on any atom is -0.508 e. The number of phenolic OH excluding ortho intramolecular Hbond substituents is 1. The first-order chi connectivity index (χ1) is 13.6. The molecule has 2 heterocycles. The molecule has 0 spiro atoms. The minimum absolute atomic E-state index is 0.0261. The van der Waals surface area contributed by atoms with Crippen LogP contribution in [-0.2, 0) is 13.0 Å². The van der Waals surface area contributed by atoms with Crippen molar-refractivity contribution in [3.63, 3.8) is 0 Å². The van der Waals surface area contributed by atoms with E-state index in [0.717, 1.165) is 31.6 Å². The van der Waals surface area contributed by atoms with E-state index in [4.69, 9.17) is 0 Å². The molecule has 0 aliphatic carbocycles. The summed E-state index contributed by atoms with van der Waals surface area (Å²) in [6, 6.07) is 17.0. The number of carbonyl (C=O) groups excluding carboxylic acids is 1. The molecule has 3 aromatic rings. The number of amides is 1. The SMILES string of the molecule is CC(CN1CCc2ccccc2C1)NC(=O)c1cc(-c2ccc(O)cc2)n[nH]1. The number of hydrogen-bond donors (Lipinski definition) is 3. The Hall–Kier alpha value is -3.12. The number of hydrogen-bond acceptors (Lipinski definition) is 4. The number of benzene rings is 2. The number of nitrogens with zero attached hydrogens (tertiary/aromatic N) is 2. The first-order valence-electron chi connectivity index (χ1n) is 9.53. The third-order valence-electron chi connectivity index (χ3n) is 5.10. The highest BCUT2D eigenvalue weighted by atomic mass is 16.3. The lowest BCUT2D eigenvalue weighted by molar-refractivity contribution is 0.0922. The lowest BCUT2D eigenvalue weighted by Gasteiger charge is -2.31. The van der Waals surface area contributed by atoms with Crippen LogP contribution in [-0.4, -0.2) is 45.2 Å². The maximum Gasteiger partial charge on any atom is 0.269 e. The lowest BCUT2D eigenvalue weighted by Crippen LogP contribution is -2.43. The van der Waals surface area contributed by atoms with Crippen LogP contribution < -0.4 is 5.32 Å². The van der Waals surface area contributed by atoms with Crippen LogP contribution in [0.2, 0.25) is 0 Å². The van der Waals surface area contributed by atoms with Gasteiger partial charge in [-0.25, -0.2) is 0 Å². The highest BCUT2D eigenvalue weighted by Crippen LogP contribution is 2.21. The summed E-state index contributed by atoms with van der Waals surface area (Å²) in [5, 5.41) is 19.4. The molecule has 0 saturated heterocycles. The van der Waals surface area contributed by atoms with E-state index in [1.54, 1.807) is 30.3 Å². The van der Waals surface area contributed by atoms with Gasteiger partial charge in [-0.05, 0) is 54.8 Å². The van der Waals surface area contributed by atoms with E-state index in [2.05, 4.69) is 44.7 Å². The summed E-state index contributed by atoms with van der Waals surface area (Å²) < 4.78 is 0. The van der Waals surface area contributed by atoms with Crippen molar-refractivity contribution in [3.05, 3.63) is 71.4 Å². The Kier molecular flexibility index (Phi) is 5.12. The Balaban J connectivity index is 1.34. The largest absolute Gasteiger partial charge is 0.508 e. The van der Waals surface area contributed by atoms with Gasteiger partial charge in [-0.15, -0.1) is 0 Å². The van der Waals surface area contributed by atoms with Gasteiger partial charge in [0.15, 0.2) is 0 Å². The molecule has 0 radical (unpaired) electrons. The summed E-state index contributed by atoms with van der Waals surface area (Å²) in [5.41, 5.74) is 4.74. The average Bonchev–Trinajstić information content (AvgIpc) is 3.19. The van der Waals surface area contributed by atoms with Crippen molar-refractivity contribution in [1.29, 1.82) is 0 Å². The summed E-state index contributed by atoms with van der Waals surface area (Å²) in [6.07, 6.45) is 1.05. The third kappa shape index (κ3) is 4.07. The van der Waals surface area contributed by atoms with Crippen LogP contribution in [0.1, 0.15) is 28.5 Å². The van der Waals surface area contributed by atoms with Crippen LogP contribution in [0.4, 0.5) is 0 Å². The van der Waals surface area contributed by atoms with Crippen molar-refractivity contribution >= 4 is 5.91 Å². The van der Waals surface area contributed by atoms with E-state index < -0.39 is 0 Å². The van der Waals surface area contributed by atoms with Crippen LogP contribution >= 0.6 is 0 Å². The van der Waals surface area contributed by atoms with Crippen molar-refractivity contribution in [2.45, 2.75) is 25.9 Å². The van der Waals surface area contributed by atoms with Gasteiger partial charge in [0.05, 0.1) is 5.69 Å². The molecule has 1 unspecified atom stereocenters. The number of phenols is 1. The summed E-state index contributed by atoms with van der Waals surface area (Å²) >= 11 is 0. The van der Waals surface area contributed by atoms with Crippen LogP contribution in [0.15, 0.2) is 54.6 Å². The molecule has 4 rings (SSSR count). The van der Waals surface area contributed by atoms with Gasteiger partial charge in [0.2, 0.25) is 0 Å². The van der Waals surface area contributed by atoms with Crippen LogP contribution in [0.25, 0.3) is 11.3 Å². The number of rotatable bonds is 5. The fraction of sp³-hybridized carbons (Fsp3) is 0.273. The molecule has 1 aliphatic rings. The summed E-state index contributed by atoms with van der Waals surface area (Å²) in [7, 11) is 0. The van der Waals surface area contributed by atoms with Crippen LogP contribution in [0.5, 0.6) is 5.75 Å². The second-order valence-corrected chi connectivity index (χ2v) is 7.34. The molecule has 0 bridgehead atoms. The fourth-order valence-electron chi connectivity index (χ4n) is 3.66. The van der Waals surface area contributed by atoms with Gasteiger partial charge < -0.3 is 10.4 Å². The van der Waals surface area contributed by atoms with Gasteiger partial charge in [-0.3, -0.25) is 14.8 Å². The first-order valence-corrected chi connectivity index (χ1v) is 9.53. The van der Waals surface area contributed by atoms with Gasteiger partial charge in [0, 0.05) is 31.2 Å². The van der Waals surface area contributed by atoms with Crippen molar-refractivity contribution in [3.8, 4) is 17.0 Å². The number of aromatic hydroxyl groups is 1. The van der Waals surface area contributed by atoms with Crippen LogP contribution in [0.3, 0.4) is 0 Å². The molecular weight excluding hydrogens is 352 g/mol. The molecular formula is C22H24N4O2. The van der Waals surface area contributed by atoms with Gasteiger partial charge >= 0.3 is 0 Å². The molecule has 2 aromatic carbocycles. The van der Waals surface area contributed by atoms with E-state index in [1.165, 1.54) is 11.1 Å². The second kappa shape index (κ2) is 7.86. The highest BCUT2D eigenvalue weighted by Gasteiger charge is 2.19. The molecule has 3 N–H and O–H groups in total. The summed E-state index contributed by atoms with van der Waals surface area (Å²) in [4.78, 5) is 14.9. The molecule has 1 aromatic heterocycles. The smallest absolute Gasteiger partial charge is 0.269 e. The molecule has 1 aliphatic heterocycles. The molecule has 0 fully saturated rings. The van der Waals surface area contributed by atoms with E-state index in [0.29, 0.717) is 11.4 Å². The number of H-pyrrole nitrogens is 1. The van der Waals surface area contributed by atoms with Crippen molar-refractivity contribution in [2.24, 2.45) is 0 Å². The molecule has 6 heteroatoms. The number of aromatic amines is 1. The third-order valence-corrected chi connectivity index (χ3v) is 5.10. The van der Waals surface area contributed by atoms with Gasteiger partial charge in [0.25, 0.3) is 5.91 Å². The minimum atomic E-state index is -0.164. The Morgan fingerprint density at radius 1 is 1.21 bits per heavy atom. The predicted molar refractivity (Wildman–Crippen MR) is 108 cm³/mol. The number of nitrogens with one attached hydrogen (secondary N) is 2. The molecule has 6 nitrogen and oxygen atoms in total. The predicted octanol–water partition coefficient (Wildman–Crippen LogP) is 2.96. The molecule has 1 amide bonds. The number of aromatic nitrogens is 2. The molecule has 1 atom stereocenters. The average molecular weight is 376 g/mol. The van der Waals surface area contributed by atoms with E-state index >= 15 is 0 Å². The van der Waals surface area contributed by atoms with Crippen LogP contribution in [0, 0.1) is 0 Å². The van der Waals surface area contributed by atoms with E-state index in [-0.39, 0.29) is 17.7 Å². The zero-order chi connectivity index (χ0) is 19.5. The van der Waals surface area contributed by atoms with Crippen molar-refractivity contribution in [1.82, 2.24) is 20.4 Å². The number of fused-ring (bicyclic) bond motifs is 1. The normalized spacial score (nSPS) is 15.0. The summed E-state index contributed by atoms with van der Waals surface area (Å²) in [6.45, 7) is 4.76. The van der Waals surface area contributed by atoms with Crippen molar-refractivity contribution < 1.29 is 9.90 Å². The Morgan fingerprint density at radius 3 is 2.75 bits per heavy atom. The summed E-state index contributed by atoms with van der Waals surface area (Å²) in [5.74, 6) is 0.0360. The lowest BCUT2D eigenvalue weighted by atomic mass is 10.00. The van der Waals surface area contributed by atoms with Crippen molar-refractivity contribution in [2.75, 3.05) is 13.1 Å². The quantitative estimate of drug-likeness (QED) is 0.639. The zero-order valence-corrected chi connectivity index (χ0v) is 15.9.